The molecular weight excluding hydrogens is 832 g/mol. The summed E-state index contributed by atoms with van der Waals surface area (Å²) in [6, 6.07) is 17.5. The number of rotatable bonds is 12. The van der Waals surface area contributed by atoms with Crippen LogP contribution in [0.2, 0.25) is 5.02 Å². The van der Waals surface area contributed by atoms with Crippen molar-refractivity contribution in [3.05, 3.63) is 81.9 Å². The third-order valence-corrected chi connectivity index (χ3v) is 19.7. The van der Waals surface area contributed by atoms with Crippen LogP contribution in [-0.2, 0) is 41.8 Å². The number of Topliss-reactive ketones (excluding diaryl/α,β-unsaturated/α-hetero) is 1. The summed E-state index contributed by atoms with van der Waals surface area (Å²) >= 11 is 6.29. The smallest absolute Gasteiger partial charge is 0.309 e. The summed E-state index contributed by atoms with van der Waals surface area (Å²) in [5.41, 5.74) is 2.49. The van der Waals surface area contributed by atoms with E-state index in [0.717, 1.165) is 68.2 Å². The highest BCUT2D eigenvalue weighted by Crippen LogP contribution is 2.77. The van der Waals surface area contributed by atoms with Gasteiger partial charge in [0.15, 0.2) is 5.78 Å². The van der Waals surface area contributed by atoms with Crippen LogP contribution in [0.1, 0.15) is 138 Å². The fourth-order valence-corrected chi connectivity index (χ4v) is 15.7. The first kappa shape index (κ1) is 48.0. The average molecular weight is 910 g/mol. The first-order valence-corrected chi connectivity index (χ1v) is 25.3. The maximum Gasteiger partial charge on any atom is 0.309 e. The molecule has 0 aromatic heterocycles. The van der Waals surface area contributed by atoms with Crippen LogP contribution in [0.4, 0.5) is 0 Å². The molecule has 0 radical (unpaired) electrons. The van der Waals surface area contributed by atoms with Crippen LogP contribution in [0.3, 0.4) is 0 Å². The number of carbonyl (C=O) groups is 4. The molecule has 354 valence electrons. The number of esters is 2. The van der Waals surface area contributed by atoms with E-state index < -0.39 is 10.8 Å². The largest absolute Gasteiger partial charge is 0.462 e. The molecular formula is C56H77ClN2O6. The fraction of sp³-hybridized carbons (Fsp3) is 0.679. The molecule has 2 aromatic rings. The number of allylic oxidation sites excluding steroid dienone is 1. The van der Waals surface area contributed by atoms with Crippen LogP contribution in [0.25, 0.3) is 0 Å². The highest BCUT2D eigenvalue weighted by atomic mass is 35.5. The number of likely N-dealkylation sites (N-methyl/N-ethyl adjacent to an activating group) is 1. The Morgan fingerprint density at radius 3 is 2.06 bits per heavy atom. The van der Waals surface area contributed by atoms with Gasteiger partial charge in [-0.2, -0.15) is 0 Å². The second-order valence-corrected chi connectivity index (χ2v) is 24.4. The second-order valence-electron chi connectivity index (χ2n) is 24.0. The number of carbonyl (C=O) groups excluding carboxylic acids is 4. The molecule has 8 nitrogen and oxygen atoms in total. The van der Waals surface area contributed by atoms with Gasteiger partial charge in [0.05, 0.1) is 17.3 Å². The number of hydrogen-bond donors (Lipinski definition) is 0. The molecule has 1 amide bonds. The maximum absolute atomic E-state index is 15.5. The molecule has 0 aliphatic heterocycles. The van der Waals surface area contributed by atoms with E-state index in [0.29, 0.717) is 42.8 Å². The number of nitrogens with zero attached hydrogens (tertiary/aromatic N) is 2. The van der Waals surface area contributed by atoms with E-state index >= 15 is 4.79 Å². The van der Waals surface area contributed by atoms with E-state index in [1.807, 2.05) is 87.4 Å². The van der Waals surface area contributed by atoms with Crippen molar-refractivity contribution in [1.82, 2.24) is 9.80 Å². The number of hydrogen-bond acceptors (Lipinski definition) is 7. The third-order valence-electron chi connectivity index (χ3n) is 19.5. The van der Waals surface area contributed by atoms with Crippen LogP contribution in [0, 0.1) is 68.0 Å². The molecule has 5 fully saturated rings. The highest BCUT2D eigenvalue weighted by molar-refractivity contribution is 6.30. The Bertz CT molecular complexity index is 2200. The summed E-state index contributed by atoms with van der Waals surface area (Å²) in [6.07, 6.45) is 8.14. The van der Waals surface area contributed by atoms with Gasteiger partial charge in [-0.3, -0.25) is 19.2 Å². The minimum absolute atomic E-state index is 0.00466. The Morgan fingerprint density at radius 2 is 1.42 bits per heavy atom. The van der Waals surface area contributed by atoms with Gasteiger partial charge in [0.1, 0.15) is 12.7 Å². The molecule has 10 atom stereocenters. The van der Waals surface area contributed by atoms with Gasteiger partial charge in [0, 0.05) is 36.5 Å². The lowest BCUT2D eigenvalue weighted by molar-refractivity contribution is -0.236. The zero-order valence-corrected chi connectivity index (χ0v) is 42.1. The molecule has 0 bridgehead atoms. The zero-order valence-electron chi connectivity index (χ0n) is 41.4. The monoisotopic (exact) mass is 909 g/mol. The normalized spacial score (nSPS) is 35.6. The van der Waals surface area contributed by atoms with Crippen molar-refractivity contribution in [3.63, 3.8) is 0 Å². The van der Waals surface area contributed by atoms with Crippen LogP contribution in [0.5, 0.6) is 0 Å². The Kier molecular flexibility index (Phi) is 12.7. The van der Waals surface area contributed by atoms with Crippen molar-refractivity contribution in [2.45, 2.75) is 146 Å². The summed E-state index contributed by atoms with van der Waals surface area (Å²) in [5, 5.41) is 0.674. The predicted molar refractivity (Wildman–Crippen MR) is 256 cm³/mol. The van der Waals surface area contributed by atoms with Gasteiger partial charge >= 0.3 is 11.9 Å². The lowest BCUT2D eigenvalue weighted by Crippen LogP contribution is -2.66. The summed E-state index contributed by atoms with van der Waals surface area (Å²) in [4.78, 5) is 61.4. The van der Waals surface area contributed by atoms with Gasteiger partial charge in [-0.15, -0.1) is 0 Å². The van der Waals surface area contributed by atoms with Crippen molar-refractivity contribution < 1.29 is 28.7 Å². The molecule has 65 heavy (non-hydrogen) atoms. The number of ether oxygens (including phenoxy) is 2. The zero-order chi connectivity index (χ0) is 47.1. The highest BCUT2D eigenvalue weighted by Gasteiger charge is 2.71. The molecule has 9 heteroatoms. The summed E-state index contributed by atoms with van der Waals surface area (Å²) < 4.78 is 12.3. The van der Waals surface area contributed by atoms with Crippen molar-refractivity contribution >= 4 is 35.2 Å². The van der Waals surface area contributed by atoms with Crippen molar-refractivity contribution in [1.29, 1.82) is 0 Å². The third kappa shape index (κ3) is 7.84. The molecule has 0 N–H and O–H groups in total. The van der Waals surface area contributed by atoms with E-state index in [9.17, 15) is 14.4 Å². The molecule has 0 saturated heterocycles. The lowest BCUT2D eigenvalue weighted by Gasteiger charge is -2.72. The molecule has 2 unspecified atom stereocenters. The SMILES string of the molecule is CC(C)C1=C2C3CC[C@H]4C(C)(CC[C@H]5C(C)(C)[C@@H](OC(=O)[C@H]6C[C@@H](C(=O)OCc7ccccc7)C6(C)C)CC[C@@]54C)[C@]3(C)CC[C@@]2(C(=O)N(CCN(C)C)Cc2ccc(Cl)cc2)CC1=O. The summed E-state index contributed by atoms with van der Waals surface area (Å²) in [5.74, 6) is 0.230. The second kappa shape index (κ2) is 17.2. The van der Waals surface area contributed by atoms with E-state index in [1.165, 1.54) is 5.57 Å². The first-order chi connectivity index (χ1) is 30.5. The standard InChI is InChI=1S/C56H77ClN2O6/c1-35(2)46-42(60)32-56(50(63)59(30-29-58(10)11)33-36-17-19-38(57)20-18-36)28-27-54(8)39(47(46)56)21-22-44-53(7)25-24-45(52(5,6)43(53)23-26-55(44,54)9)65-49(62)41-31-40(51(41,3)4)48(61)64-34-37-15-13-12-14-16-37/h12-20,35,39-41,43-45H,21-34H2,1-11H3/t39?,40-,41+,43-,44+,45-,53-,54+,55?,56+/m0/s1. The number of halogens is 1. The van der Waals surface area contributed by atoms with E-state index in [2.05, 4.69) is 53.4 Å². The van der Waals surface area contributed by atoms with E-state index in [-0.39, 0.29) is 88.1 Å². The fourth-order valence-electron chi connectivity index (χ4n) is 15.5. The Morgan fingerprint density at radius 1 is 0.738 bits per heavy atom. The van der Waals surface area contributed by atoms with Gasteiger partial charge in [-0.1, -0.05) is 116 Å². The molecule has 8 rings (SSSR count). The minimum atomic E-state index is -0.814. The van der Waals surface area contributed by atoms with Gasteiger partial charge in [0.2, 0.25) is 5.91 Å². The topological polar surface area (TPSA) is 93.2 Å². The van der Waals surface area contributed by atoms with Crippen molar-refractivity contribution in [2.24, 2.45) is 68.0 Å². The molecule has 0 spiro atoms. The maximum atomic E-state index is 15.5. The molecule has 5 saturated carbocycles. The van der Waals surface area contributed by atoms with Crippen molar-refractivity contribution in [3.8, 4) is 0 Å². The molecule has 2 aromatic carbocycles. The molecule has 6 aliphatic rings. The number of amides is 1. The van der Waals surface area contributed by atoms with E-state index in [4.69, 9.17) is 21.1 Å². The Labute approximate surface area is 395 Å². The number of benzene rings is 2. The predicted octanol–water partition coefficient (Wildman–Crippen LogP) is 11.5. The van der Waals surface area contributed by atoms with Crippen molar-refractivity contribution in [2.75, 3.05) is 27.2 Å². The van der Waals surface area contributed by atoms with Crippen LogP contribution in [0.15, 0.2) is 65.7 Å². The van der Waals surface area contributed by atoms with Crippen LogP contribution >= 0.6 is 11.6 Å². The van der Waals surface area contributed by atoms with Gasteiger partial charge in [-0.05, 0) is 152 Å². The minimum Gasteiger partial charge on any atom is -0.462 e. The van der Waals surface area contributed by atoms with Gasteiger partial charge in [-0.25, -0.2) is 0 Å². The average Bonchev–Trinajstić information content (AvgIpc) is 3.56. The van der Waals surface area contributed by atoms with Gasteiger partial charge < -0.3 is 19.3 Å². The summed E-state index contributed by atoms with van der Waals surface area (Å²) in [7, 11) is 4.09. The van der Waals surface area contributed by atoms with Crippen LogP contribution in [-0.4, -0.2) is 66.7 Å². The number of fused-ring (bicyclic) bond motifs is 7. The summed E-state index contributed by atoms with van der Waals surface area (Å²) in [6.45, 7) is 22.7. The lowest BCUT2D eigenvalue weighted by atomic mass is 9.33. The first-order valence-electron chi connectivity index (χ1n) is 24.9. The van der Waals surface area contributed by atoms with E-state index in [1.54, 1.807) is 0 Å². The number of ketones is 1. The quantitative estimate of drug-likeness (QED) is 0.196. The Balaban J connectivity index is 1.01. The molecule has 0 heterocycles. The van der Waals surface area contributed by atoms with Gasteiger partial charge in [0.25, 0.3) is 0 Å². The van der Waals surface area contributed by atoms with Crippen LogP contribution < -0.4 is 0 Å². The Hall–Kier alpha value is -3.49. The molecule has 6 aliphatic carbocycles.